The summed E-state index contributed by atoms with van der Waals surface area (Å²) in [7, 11) is 0. The lowest BCUT2D eigenvalue weighted by Crippen LogP contribution is -2.26. The molecule has 0 aromatic rings. The minimum Gasteiger partial charge on any atom is -0.314 e. The molecular weight excluding hydrogens is 134 g/mol. The van der Waals surface area contributed by atoms with Gasteiger partial charge in [0, 0.05) is 7.47 Å². The monoisotopic (exact) mass is 159 g/mol. The molecule has 0 spiro atoms. The third-order valence-corrected chi connectivity index (χ3v) is 2.04. The molecule has 1 aliphatic carbocycles. The largest absolute Gasteiger partial charge is 0.314 e. The molecule has 0 aromatic heterocycles. The second-order valence-electron chi connectivity index (χ2n) is 2.94. The van der Waals surface area contributed by atoms with Gasteiger partial charge < -0.3 is 5.32 Å². The van der Waals surface area contributed by atoms with Gasteiger partial charge in [0.1, 0.15) is 0 Å². The second-order valence-corrected chi connectivity index (χ2v) is 2.94. The minimum absolute atomic E-state index is 0. The first-order valence-electron chi connectivity index (χ1n) is 5.17. The van der Waals surface area contributed by atoms with Crippen LogP contribution in [0.4, 0.5) is 0 Å². The zero-order valence-electron chi connectivity index (χ0n) is 8.32. The van der Waals surface area contributed by atoms with Crippen LogP contribution in [0.5, 0.6) is 0 Å². The SMILES string of the molecule is CC.CCCNC1CCCC1.[HH]. The summed E-state index contributed by atoms with van der Waals surface area (Å²) >= 11 is 0. The van der Waals surface area contributed by atoms with Gasteiger partial charge in [-0.15, -0.1) is 0 Å². The van der Waals surface area contributed by atoms with E-state index < -0.39 is 0 Å². The van der Waals surface area contributed by atoms with E-state index in [2.05, 4.69) is 12.2 Å². The Labute approximate surface area is 73.1 Å². The first-order chi connectivity index (χ1) is 5.43. The molecule has 1 N–H and O–H groups in total. The molecule has 0 radical (unpaired) electrons. The van der Waals surface area contributed by atoms with Crippen LogP contribution in [0.2, 0.25) is 0 Å². The van der Waals surface area contributed by atoms with E-state index in [-0.39, 0.29) is 1.43 Å². The molecule has 0 atom stereocenters. The Kier molecular flexibility index (Phi) is 8.03. The van der Waals surface area contributed by atoms with Gasteiger partial charge in [-0.3, -0.25) is 0 Å². The van der Waals surface area contributed by atoms with E-state index in [4.69, 9.17) is 0 Å². The average Bonchev–Trinajstić information content (AvgIpc) is 2.57. The summed E-state index contributed by atoms with van der Waals surface area (Å²) in [5, 5.41) is 3.53. The van der Waals surface area contributed by atoms with Gasteiger partial charge in [-0.2, -0.15) is 0 Å². The Morgan fingerprint density at radius 1 is 1.27 bits per heavy atom. The van der Waals surface area contributed by atoms with E-state index >= 15 is 0 Å². The number of hydrogen-bond donors (Lipinski definition) is 1. The number of rotatable bonds is 3. The van der Waals surface area contributed by atoms with Crippen molar-refractivity contribution in [2.75, 3.05) is 6.54 Å². The molecule has 0 bridgehead atoms. The van der Waals surface area contributed by atoms with Crippen molar-refractivity contribution in [2.45, 2.75) is 58.9 Å². The molecule has 11 heavy (non-hydrogen) atoms. The average molecular weight is 159 g/mol. The maximum atomic E-state index is 3.53. The summed E-state index contributed by atoms with van der Waals surface area (Å²) in [6.07, 6.45) is 7.00. The highest BCUT2D eigenvalue weighted by atomic mass is 14.9. The molecule has 1 nitrogen and oxygen atoms in total. The predicted octanol–water partition coefficient (Wildman–Crippen LogP) is 3.20. The van der Waals surface area contributed by atoms with E-state index in [1.54, 1.807) is 0 Å². The van der Waals surface area contributed by atoms with Crippen LogP contribution < -0.4 is 5.32 Å². The second kappa shape index (κ2) is 8.06. The Balaban J connectivity index is 0. The third-order valence-electron chi connectivity index (χ3n) is 2.04. The molecule has 0 heterocycles. The van der Waals surface area contributed by atoms with E-state index in [0.29, 0.717) is 0 Å². The molecule has 1 fully saturated rings. The van der Waals surface area contributed by atoms with Crippen molar-refractivity contribution in [3.05, 3.63) is 0 Å². The molecule has 0 unspecified atom stereocenters. The fraction of sp³-hybridized carbons (Fsp3) is 1.00. The lowest BCUT2D eigenvalue weighted by molar-refractivity contribution is 0.523. The summed E-state index contributed by atoms with van der Waals surface area (Å²) in [6.45, 7) is 7.44. The molecule has 0 aromatic carbocycles. The van der Waals surface area contributed by atoms with Gasteiger partial charge in [0.25, 0.3) is 0 Å². The Bertz CT molecular complexity index is 70.2. The molecule has 70 valence electrons. The van der Waals surface area contributed by atoms with Gasteiger partial charge in [-0.25, -0.2) is 0 Å². The highest BCUT2D eigenvalue weighted by Gasteiger charge is 2.12. The van der Waals surface area contributed by atoms with E-state index in [1.807, 2.05) is 13.8 Å². The van der Waals surface area contributed by atoms with Gasteiger partial charge in [0.15, 0.2) is 0 Å². The standard InChI is InChI=1S/C8H17N.C2H6.H2/c1-2-7-9-8-5-3-4-6-8;1-2;/h8-9H,2-7H2,1H3;1-2H3;1H. The van der Waals surface area contributed by atoms with Gasteiger partial charge in [0.05, 0.1) is 0 Å². The van der Waals surface area contributed by atoms with Crippen LogP contribution in [0.3, 0.4) is 0 Å². The van der Waals surface area contributed by atoms with Gasteiger partial charge >= 0.3 is 0 Å². The Morgan fingerprint density at radius 2 is 1.82 bits per heavy atom. The lowest BCUT2D eigenvalue weighted by Gasteiger charge is -2.09. The lowest BCUT2D eigenvalue weighted by atomic mass is 10.2. The fourth-order valence-corrected chi connectivity index (χ4v) is 1.48. The van der Waals surface area contributed by atoms with Crippen molar-refractivity contribution in [1.29, 1.82) is 0 Å². The molecule has 1 rings (SSSR count). The zero-order valence-corrected chi connectivity index (χ0v) is 8.32. The predicted molar refractivity (Wildman–Crippen MR) is 54.0 cm³/mol. The maximum Gasteiger partial charge on any atom is 0.00670 e. The summed E-state index contributed by atoms with van der Waals surface area (Å²) in [5.74, 6) is 0. The Morgan fingerprint density at radius 3 is 2.27 bits per heavy atom. The summed E-state index contributed by atoms with van der Waals surface area (Å²) < 4.78 is 0. The van der Waals surface area contributed by atoms with E-state index in [9.17, 15) is 0 Å². The first kappa shape index (κ1) is 11.0. The molecule has 1 heteroatoms. The van der Waals surface area contributed by atoms with Crippen LogP contribution >= 0.6 is 0 Å². The molecule has 1 aliphatic rings. The normalized spacial score (nSPS) is 17.7. The molecule has 0 aliphatic heterocycles. The van der Waals surface area contributed by atoms with Crippen molar-refractivity contribution in [3.63, 3.8) is 0 Å². The number of hydrogen-bond acceptors (Lipinski definition) is 1. The Hall–Kier alpha value is -0.0400. The highest BCUT2D eigenvalue weighted by Crippen LogP contribution is 2.17. The highest BCUT2D eigenvalue weighted by molar-refractivity contribution is 4.72. The first-order valence-corrected chi connectivity index (χ1v) is 5.17. The van der Waals surface area contributed by atoms with Crippen molar-refractivity contribution in [1.82, 2.24) is 5.32 Å². The van der Waals surface area contributed by atoms with Crippen LogP contribution in [0.1, 0.15) is 54.3 Å². The van der Waals surface area contributed by atoms with E-state index in [1.165, 1.54) is 38.6 Å². The van der Waals surface area contributed by atoms with Crippen LogP contribution in [-0.2, 0) is 0 Å². The molecule has 1 saturated carbocycles. The van der Waals surface area contributed by atoms with Crippen molar-refractivity contribution >= 4 is 0 Å². The maximum absolute atomic E-state index is 3.53. The van der Waals surface area contributed by atoms with Crippen LogP contribution in [-0.4, -0.2) is 12.6 Å². The quantitative estimate of drug-likeness (QED) is 0.667. The fourth-order valence-electron chi connectivity index (χ4n) is 1.48. The summed E-state index contributed by atoms with van der Waals surface area (Å²) in [5.41, 5.74) is 0. The van der Waals surface area contributed by atoms with Crippen LogP contribution in [0, 0.1) is 0 Å². The van der Waals surface area contributed by atoms with Crippen molar-refractivity contribution in [3.8, 4) is 0 Å². The van der Waals surface area contributed by atoms with Gasteiger partial charge in [0.2, 0.25) is 0 Å². The number of nitrogens with one attached hydrogen (secondary N) is 1. The molecular formula is C10H25N. The summed E-state index contributed by atoms with van der Waals surface area (Å²) in [6, 6.07) is 0.866. The molecule has 0 amide bonds. The third kappa shape index (κ3) is 5.25. The summed E-state index contributed by atoms with van der Waals surface area (Å²) in [4.78, 5) is 0. The smallest absolute Gasteiger partial charge is 0.00670 e. The van der Waals surface area contributed by atoms with Gasteiger partial charge in [-0.05, 0) is 25.8 Å². The van der Waals surface area contributed by atoms with Crippen LogP contribution in [0.25, 0.3) is 0 Å². The van der Waals surface area contributed by atoms with E-state index in [0.717, 1.165) is 6.04 Å². The molecule has 0 saturated heterocycles. The van der Waals surface area contributed by atoms with Gasteiger partial charge in [-0.1, -0.05) is 33.6 Å². The van der Waals surface area contributed by atoms with Crippen molar-refractivity contribution in [2.24, 2.45) is 0 Å². The zero-order chi connectivity index (χ0) is 8.53. The minimum atomic E-state index is 0. The van der Waals surface area contributed by atoms with Crippen LogP contribution in [0.15, 0.2) is 0 Å². The van der Waals surface area contributed by atoms with Crippen molar-refractivity contribution < 1.29 is 1.43 Å². The topological polar surface area (TPSA) is 12.0 Å².